The van der Waals surface area contributed by atoms with Crippen molar-refractivity contribution in [3.63, 3.8) is 0 Å². The zero-order valence-corrected chi connectivity index (χ0v) is 11.5. The lowest BCUT2D eigenvalue weighted by Crippen LogP contribution is -2.21. The van der Waals surface area contributed by atoms with Gasteiger partial charge in [0.05, 0.1) is 0 Å². The molecule has 4 nitrogen and oxygen atoms in total. The molecule has 15 heavy (non-hydrogen) atoms. The molecule has 0 rings (SSSR count). The summed E-state index contributed by atoms with van der Waals surface area (Å²) in [6.45, 7) is 5.35. The smallest absolute Gasteiger partial charge is 0.320 e. The third-order valence-corrected chi connectivity index (χ3v) is 4.04. The second-order valence-corrected chi connectivity index (χ2v) is 5.55. The molecule has 0 unspecified atom stereocenters. The SMILES string of the molecule is CCOC(CCC[SiH](OC)OC)OCC. The molecule has 0 fully saturated rings. The predicted molar refractivity (Wildman–Crippen MR) is 62.2 cm³/mol. The van der Waals surface area contributed by atoms with Crippen LogP contribution in [-0.2, 0) is 18.3 Å². The van der Waals surface area contributed by atoms with E-state index in [1.54, 1.807) is 14.2 Å². The standard InChI is InChI=1S/C10H24O4Si/c1-5-13-10(14-6-2)8-7-9-15(11-3)12-4/h10,15H,5-9H2,1-4H3. The molecular weight excluding hydrogens is 212 g/mol. The van der Waals surface area contributed by atoms with E-state index in [0.717, 1.165) is 18.9 Å². The summed E-state index contributed by atoms with van der Waals surface area (Å²) >= 11 is 0. The summed E-state index contributed by atoms with van der Waals surface area (Å²) in [6.07, 6.45) is 1.88. The summed E-state index contributed by atoms with van der Waals surface area (Å²) < 4.78 is 21.4. The Kier molecular flexibility index (Phi) is 10.6. The van der Waals surface area contributed by atoms with Gasteiger partial charge in [0.2, 0.25) is 0 Å². The number of ether oxygens (including phenoxy) is 2. The fourth-order valence-electron chi connectivity index (χ4n) is 1.37. The van der Waals surface area contributed by atoms with Crippen molar-refractivity contribution in [2.24, 2.45) is 0 Å². The molecule has 0 aromatic heterocycles. The van der Waals surface area contributed by atoms with E-state index in [9.17, 15) is 0 Å². The Balaban J connectivity index is 3.59. The van der Waals surface area contributed by atoms with Gasteiger partial charge in [0, 0.05) is 27.4 Å². The lowest BCUT2D eigenvalue weighted by Gasteiger charge is -2.17. The van der Waals surface area contributed by atoms with Crippen LogP contribution < -0.4 is 0 Å². The molecule has 0 bridgehead atoms. The molecule has 92 valence electrons. The zero-order chi connectivity index (χ0) is 11.5. The molecular formula is C10H24O4Si. The highest BCUT2D eigenvalue weighted by Gasteiger charge is 2.12. The minimum atomic E-state index is -1.40. The molecule has 0 heterocycles. The quantitative estimate of drug-likeness (QED) is 0.427. The van der Waals surface area contributed by atoms with Crippen molar-refractivity contribution in [2.75, 3.05) is 27.4 Å². The normalized spacial score (nSPS) is 11.6. The molecule has 0 N–H and O–H groups in total. The van der Waals surface area contributed by atoms with Gasteiger partial charge in [-0.05, 0) is 32.7 Å². The molecule has 0 aliphatic rings. The number of hydrogen-bond donors (Lipinski definition) is 0. The molecule has 0 spiro atoms. The molecule has 0 aromatic carbocycles. The summed E-state index contributed by atoms with van der Waals surface area (Å²) in [5.41, 5.74) is 0. The van der Waals surface area contributed by atoms with E-state index in [-0.39, 0.29) is 6.29 Å². The second-order valence-electron chi connectivity index (χ2n) is 3.17. The lowest BCUT2D eigenvalue weighted by atomic mass is 10.3. The van der Waals surface area contributed by atoms with E-state index in [0.29, 0.717) is 13.2 Å². The van der Waals surface area contributed by atoms with Crippen molar-refractivity contribution in [3.8, 4) is 0 Å². The van der Waals surface area contributed by atoms with Gasteiger partial charge in [-0.1, -0.05) is 0 Å². The van der Waals surface area contributed by atoms with Crippen LogP contribution in [0.5, 0.6) is 0 Å². The van der Waals surface area contributed by atoms with Gasteiger partial charge in [-0.25, -0.2) is 0 Å². The van der Waals surface area contributed by atoms with Gasteiger partial charge >= 0.3 is 9.28 Å². The van der Waals surface area contributed by atoms with Crippen LogP contribution in [0.3, 0.4) is 0 Å². The first-order chi connectivity index (χ1) is 7.28. The fourth-order valence-corrected chi connectivity index (χ4v) is 2.60. The molecule has 5 heteroatoms. The maximum Gasteiger partial charge on any atom is 0.320 e. The first kappa shape index (κ1) is 15.1. The molecule has 0 saturated carbocycles. The highest BCUT2D eigenvalue weighted by Crippen LogP contribution is 2.09. The Morgan fingerprint density at radius 3 is 1.93 bits per heavy atom. The van der Waals surface area contributed by atoms with Gasteiger partial charge in [0.1, 0.15) is 0 Å². The Labute approximate surface area is 94.7 Å². The fraction of sp³-hybridized carbons (Fsp3) is 1.00. The highest BCUT2D eigenvalue weighted by molar-refractivity contribution is 6.44. The Morgan fingerprint density at radius 1 is 1.00 bits per heavy atom. The van der Waals surface area contributed by atoms with Crippen LogP contribution in [0.4, 0.5) is 0 Å². The lowest BCUT2D eigenvalue weighted by molar-refractivity contribution is -0.139. The van der Waals surface area contributed by atoms with Gasteiger partial charge < -0.3 is 18.3 Å². The Morgan fingerprint density at radius 2 is 1.53 bits per heavy atom. The Hall–Kier alpha value is 0.0569. The van der Waals surface area contributed by atoms with Crippen molar-refractivity contribution in [3.05, 3.63) is 0 Å². The molecule has 0 saturated heterocycles. The van der Waals surface area contributed by atoms with Crippen molar-refractivity contribution in [1.29, 1.82) is 0 Å². The maximum atomic E-state index is 5.44. The first-order valence-electron chi connectivity index (χ1n) is 5.57. The summed E-state index contributed by atoms with van der Waals surface area (Å²) in [5, 5.41) is 0. The maximum absolute atomic E-state index is 5.44. The van der Waals surface area contributed by atoms with Crippen LogP contribution in [-0.4, -0.2) is 43.0 Å². The monoisotopic (exact) mass is 236 g/mol. The molecule has 0 radical (unpaired) electrons. The zero-order valence-electron chi connectivity index (χ0n) is 10.3. The minimum absolute atomic E-state index is 0.0663. The predicted octanol–water partition coefficient (Wildman–Crippen LogP) is 1.68. The van der Waals surface area contributed by atoms with Crippen LogP contribution in [0.1, 0.15) is 26.7 Å². The molecule has 0 aliphatic carbocycles. The molecule has 0 atom stereocenters. The minimum Gasteiger partial charge on any atom is -0.400 e. The second kappa shape index (κ2) is 10.6. The molecule has 0 amide bonds. The van der Waals surface area contributed by atoms with E-state index < -0.39 is 9.28 Å². The van der Waals surface area contributed by atoms with E-state index in [1.165, 1.54) is 0 Å². The highest BCUT2D eigenvalue weighted by atomic mass is 28.3. The van der Waals surface area contributed by atoms with Crippen LogP contribution in [0, 0.1) is 0 Å². The van der Waals surface area contributed by atoms with E-state index in [1.807, 2.05) is 13.8 Å². The Bertz CT molecular complexity index is 125. The van der Waals surface area contributed by atoms with Gasteiger partial charge in [0.15, 0.2) is 6.29 Å². The third-order valence-electron chi connectivity index (χ3n) is 2.11. The third kappa shape index (κ3) is 7.93. The van der Waals surface area contributed by atoms with Crippen LogP contribution in [0.25, 0.3) is 0 Å². The summed E-state index contributed by atoms with van der Waals surface area (Å²) in [6, 6.07) is 1.00. The summed E-state index contributed by atoms with van der Waals surface area (Å²) in [7, 11) is 2.02. The number of rotatable bonds is 10. The van der Waals surface area contributed by atoms with Gasteiger partial charge in [-0.2, -0.15) is 0 Å². The van der Waals surface area contributed by atoms with Gasteiger partial charge in [-0.15, -0.1) is 0 Å². The van der Waals surface area contributed by atoms with Crippen molar-refractivity contribution < 1.29 is 18.3 Å². The largest absolute Gasteiger partial charge is 0.400 e. The number of hydrogen-bond acceptors (Lipinski definition) is 4. The van der Waals surface area contributed by atoms with E-state index >= 15 is 0 Å². The average molecular weight is 236 g/mol. The first-order valence-corrected chi connectivity index (χ1v) is 7.33. The summed E-state index contributed by atoms with van der Waals surface area (Å²) in [5.74, 6) is 0. The van der Waals surface area contributed by atoms with Crippen LogP contribution >= 0.6 is 0 Å². The van der Waals surface area contributed by atoms with Crippen LogP contribution in [0.2, 0.25) is 6.04 Å². The van der Waals surface area contributed by atoms with Crippen molar-refractivity contribution >= 4 is 9.28 Å². The van der Waals surface area contributed by atoms with Crippen LogP contribution in [0.15, 0.2) is 0 Å². The summed E-state index contributed by atoms with van der Waals surface area (Å²) in [4.78, 5) is 0. The van der Waals surface area contributed by atoms with Crippen molar-refractivity contribution in [2.45, 2.75) is 39.0 Å². The van der Waals surface area contributed by atoms with Gasteiger partial charge in [-0.3, -0.25) is 0 Å². The van der Waals surface area contributed by atoms with Crippen molar-refractivity contribution in [1.82, 2.24) is 0 Å². The molecule has 0 aliphatic heterocycles. The average Bonchev–Trinajstić information content (AvgIpc) is 2.25. The van der Waals surface area contributed by atoms with Gasteiger partial charge in [0.25, 0.3) is 0 Å². The van der Waals surface area contributed by atoms with E-state index in [2.05, 4.69) is 0 Å². The topological polar surface area (TPSA) is 36.9 Å². The molecule has 0 aromatic rings. The van der Waals surface area contributed by atoms with E-state index in [4.69, 9.17) is 18.3 Å².